The van der Waals surface area contributed by atoms with Gasteiger partial charge in [0.15, 0.2) is 6.39 Å². The van der Waals surface area contributed by atoms with Gasteiger partial charge in [-0.1, -0.05) is 0 Å². The van der Waals surface area contributed by atoms with Crippen LogP contribution in [0.4, 0.5) is 0 Å². The van der Waals surface area contributed by atoms with Crippen LogP contribution >= 0.6 is 0 Å². The van der Waals surface area contributed by atoms with Gasteiger partial charge in [-0.05, 0) is 13.8 Å². The summed E-state index contributed by atoms with van der Waals surface area (Å²) in [5, 5.41) is 3.08. The van der Waals surface area contributed by atoms with Crippen molar-refractivity contribution in [1.29, 1.82) is 0 Å². The molecule has 7 nitrogen and oxygen atoms in total. The van der Waals surface area contributed by atoms with E-state index in [1.165, 1.54) is 11.3 Å². The first-order valence-corrected chi connectivity index (χ1v) is 6.23. The largest absolute Gasteiger partial charge is 0.464 e. The Bertz CT molecular complexity index is 471. The third-order valence-electron chi connectivity index (χ3n) is 3.00. The summed E-state index contributed by atoms with van der Waals surface area (Å²) >= 11 is 0. The van der Waals surface area contributed by atoms with Gasteiger partial charge in [0.2, 0.25) is 5.76 Å². The van der Waals surface area contributed by atoms with Crippen LogP contribution in [0.3, 0.4) is 0 Å². The zero-order valence-corrected chi connectivity index (χ0v) is 11.0. The molecule has 0 radical (unpaired) electrons. The first kappa shape index (κ1) is 13.5. The molecule has 0 bridgehead atoms. The zero-order valence-electron chi connectivity index (χ0n) is 11.0. The molecule has 1 N–H and O–H groups in total. The van der Waals surface area contributed by atoms with Crippen LogP contribution in [0.25, 0.3) is 0 Å². The van der Waals surface area contributed by atoms with Gasteiger partial charge < -0.3 is 19.4 Å². The van der Waals surface area contributed by atoms with Crippen molar-refractivity contribution in [3.63, 3.8) is 0 Å². The van der Waals surface area contributed by atoms with Gasteiger partial charge in [0, 0.05) is 19.6 Å². The van der Waals surface area contributed by atoms with Crippen molar-refractivity contribution in [3.8, 4) is 0 Å². The summed E-state index contributed by atoms with van der Waals surface area (Å²) in [5.74, 6) is -0.550. The van der Waals surface area contributed by atoms with Gasteiger partial charge in [0.05, 0.1) is 12.3 Å². The van der Waals surface area contributed by atoms with Crippen LogP contribution in [-0.2, 0) is 9.53 Å². The monoisotopic (exact) mass is 267 g/mol. The number of aromatic nitrogens is 1. The molecule has 2 heterocycles. The van der Waals surface area contributed by atoms with Crippen molar-refractivity contribution in [3.05, 3.63) is 17.8 Å². The van der Waals surface area contributed by atoms with Crippen molar-refractivity contribution in [2.75, 3.05) is 26.2 Å². The second kappa shape index (κ2) is 5.83. The normalized spacial score (nSPS) is 19.3. The molecule has 1 aliphatic rings. The molecule has 0 aliphatic carbocycles. The number of nitrogens with zero attached hydrogens (tertiary/aromatic N) is 2. The van der Waals surface area contributed by atoms with Crippen molar-refractivity contribution in [2.45, 2.75) is 19.9 Å². The molecule has 104 valence electrons. The molecule has 1 amide bonds. The molecule has 19 heavy (non-hydrogen) atoms. The van der Waals surface area contributed by atoms with Crippen LogP contribution in [0.1, 0.15) is 23.2 Å². The van der Waals surface area contributed by atoms with Gasteiger partial charge >= 0.3 is 5.97 Å². The lowest BCUT2D eigenvalue weighted by Crippen LogP contribution is -2.57. The number of piperazine rings is 1. The Kier molecular flexibility index (Phi) is 4.16. The average Bonchev–Trinajstić information content (AvgIpc) is 2.84. The fourth-order valence-corrected chi connectivity index (χ4v) is 2.03. The zero-order chi connectivity index (χ0) is 13.8. The lowest BCUT2D eigenvalue weighted by Gasteiger charge is -2.33. The summed E-state index contributed by atoms with van der Waals surface area (Å²) < 4.78 is 10.1. The van der Waals surface area contributed by atoms with Crippen LogP contribution in [-0.4, -0.2) is 54.0 Å². The summed E-state index contributed by atoms with van der Waals surface area (Å²) in [6.45, 7) is 5.17. The van der Waals surface area contributed by atoms with Gasteiger partial charge in [0.25, 0.3) is 5.91 Å². The van der Waals surface area contributed by atoms with E-state index in [0.29, 0.717) is 31.9 Å². The SMILES string of the molecule is CCOC(=O)C1CNCCN1C(=O)c1ocnc1C. The van der Waals surface area contributed by atoms with Crippen molar-refractivity contribution < 1.29 is 18.7 Å². The highest BCUT2D eigenvalue weighted by Gasteiger charge is 2.35. The van der Waals surface area contributed by atoms with E-state index in [-0.39, 0.29) is 11.7 Å². The Morgan fingerprint density at radius 1 is 1.63 bits per heavy atom. The van der Waals surface area contributed by atoms with Crippen LogP contribution in [0, 0.1) is 6.92 Å². The third kappa shape index (κ3) is 2.76. The number of aryl methyl sites for hydroxylation is 1. The summed E-state index contributed by atoms with van der Waals surface area (Å²) in [6, 6.07) is -0.620. The molecule has 1 aliphatic heterocycles. The second-order valence-corrected chi connectivity index (χ2v) is 4.24. The number of hydrogen-bond donors (Lipinski definition) is 1. The summed E-state index contributed by atoms with van der Waals surface area (Å²) in [5.41, 5.74) is 0.520. The van der Waals surface area contributed by atoms with E-state index < -0.39 is 12.0 Å². The maximum atomic E-state index is 12.4. The van der Waals surface area contributed by atoms with Gasteiger partial charge in [-0.2, -0.15) is 0 Å². The molecule has 1 saturated heterocycles. The van der Waals surface area contributed by atoms with Crippen LogP contribution in [0.5, 0.6) is 0 Å². The number of ether oxygens (including phenoxy) is 1. The Labute approximate surface area is 110 Å². The summed E-state index contributed by atoms with van der Waals surface area (Å²) in [4.78, 5) is 29.6. The van der Waals surface area contributed by atoms with Crippen molar-refractivity contribution >= 4 is 11.9 Å². The fraction of sp³-hybridized carbons (Fsp3) is 0.583. The van der Waals surface area contributed by atoms with Gasteiger partial charge in [-0.3, -0.25) is 4.79 Å². The van der Waals surface area contributed by atoms with E-state index in [2.05, 4.69) is 10.3 Å². The average molecular weight is 267 g/mol. The molecular weight excluding hydrogens is 250 g/mol. The van der Waals surface area contributed by atoms with Gasteiger partial charge in [-0.25, -0.2) is 9.78 Å². The van der Waals surface area contributed by atoms with E-state index in [9.17, 15) is 9.59 Å². The smallest absolute Gasteiger partial charge is 0.330 e. The maximum absolute atomic E-state index is 12.4. The molecule has 2 rings (SSSR count). The molecule has 1 atom stereocenters. The van der Waals surface area contributed by atoms with Crippen LogP contribution < -0.4 is 5.32 Å². The molecule has 0 aromatic carbocycles. The molecule has 1 aromatic heterocycles. The Morgan fingerprint density at radius 3 is 3.05 bits per heavy atom. The predicted molar refractivity (Wildman–Crippen MR) is 65.6 cm³/mol. The Morgan fingerprint density at radius 2 is 2.42 bits per heavy atom. The summed E-state index contributed by atoms with van der Waals surface area (Å²) in [7, 11) is 0. The van der Waals surface area contributed by atoms with E-state index >= 15 is 0 Å². The Hall–Kier alpha value is -1.89. The number of nitrogens with one attached hydrogen (secondary N) is 1. The van der Waals surface area contributed by atoms with E-state index in [0.717, 1.165) is 0 Å². The number of esters is 1. The lowest BCUT2D eigenvalue weighted by molar-refractivity contribution is -0.149. The highest BCUT2D eigenvalue weighted by molar-refractivity contribution is 5.95. The van der Waals surface area contributed by atoms with E-state index in [1.807, 2.05) is 0 Å². The molecule has 0 saturated carbocycles. The molecule has 1 unspecified atom stereocenters. The predicted octanol–water partition coefficient (Wildman–Crippen LogP) is -0.0399. The second-order valence-electron chi connectivity index (χ2n) is 4.24. The molecule has 1 aromatic rings. The van der Waals surface area contributed by atoms with E-state index in [1.54, 1.807) is 13.8 Å². The number of oxazole rings is 1. The molecule has 1 fully saturated rings. The Balaban J connectivity index is 2.18. The molecular formula is C12H17N3O4. The quantitative estimate of drug-likeness (QED) is 0.774. The highest BCUT2D eigenvalue weighted by Crippen LogP contribution is 2.14. The third-order valence-corrected chi connectivity index (χ3v) is 3.00. The number of hydrogen-bond acceptors (Lipinski definition) is 6. The topological polar surface area (TPSA) is 84.7 Å². The number of carbonyl (C=O) groups is 2. The minimum Gasteiger partial charge on any atom is -0.464 e. The molecule has 7 heteroatoms. The first-order chi connectivity index (χ1) is 9.15. The van der Waals surface area contributed by atoms with Gasteiger partial charge in [-0.15, -0.1) is 0 Å². The number of rotatable bonds is 3. The number of carbonyl (C=O) groups excluding carboxylic acids is 2. The first-order valence-electron chi connectivity index (χ1n) is 6.23. The number of amides is 1. The minimum absolute atomic E-state index is 0.177. The van der Waals surface area contributed by atoms with Crippen molar-refractivity contribution in [2.24, 2.45) is 0 Å². The highest BCUT2D eigenvalue weighted by atomic mass is 16.5. The summed E-state index contributed by atoms with van der Waals surface area (Å²) in [6.07, 6.45) is 1.23. The molecule has 0 spiro atoms. The standard InChI is InChI=1S/C12H17N3O4/c1-3-18-12(17)9-6-13-4-5-15(9)11(16)10-8(2)14-7-19-10/h7,9,13H,3-6H2,1-2H3. The van der Waals surface area contributed by atoms with Crippen LogP contribution in [0.15, 0.2) is 10.8 Å². The van der Waals surface area contributed by atoms with E-state index in [4.69, 9.17) is 9.15 Å². The lowest BCUT2D eigenvalue weighted by atomic mass is 10.1. The minimum atomic E-state index is -0.620. The van der Waals surface area contributed by atoms with Crippen molar-refractivity contribution in [1.82, 2.24) is 15.2 Å². The van der Waals surface area contributed by atoms with Gasteiger partial charge in [0.1, 0.15) is 6.04 Å². The fourth-order valence-electron chi connectivity index (χ4n) is 2.03. The van der Waals surface area contributed by atoms with Crippen LogP contribution in [0.2, 0.25) is 0 Å². The maximum Gasteiger partial charge on any atom is 0.330 e.